The van der Waals surface area contributed by atoms with E-state index in [4.69, 9.17) is 5.73 Å². The molecule has 2 unspecified atom stereocenters. The van der Waals surface area contributed by atoms with E-state index in [1.807, 2.05) is 30.0 Å². The van der Waals surface area contributed by atoms with Gasteiger partial charge >= 0.3 is 0 Å². The molecule has 0 amide bonds. The highest BCUT2D eigenvalue weighted by atomic mass is 32.2. The molecule has 0 spiro atoms. The van der Waals surface area contributed by atoms with Gasteiger partial charge in [-0.3, -0.25) is 0 Å². The predicted molar refractivity (Wildman–Crippen MR) is 84.7 cm³/mol. The van der Waals surface area contributed by atoms with Gasteiger partial charge in [-0.25, -0.2) is 4.98 Å². The Kier molecular flexibility index (Phi) is 3.51. The lowest BCUT2D eigenvalue weighted by Gasteiger charge is -2.19. The molecule has 1 fully saturated rings. The number of nitrogen functional groups attached to an aromatic ring is 1. The van der Waals surface area contributed by atoms with Crippen molar-refractivity contribution >= 4 is 34.2 Å². The van der Waals surface area contributed by atoms with Gasteiger partial charge in [0.1, 0.15) is 5.82 Å². The summed E-state index contributed by atoms with van der Waals surface area (Å²) in [6, 6.07) is 10.5. The maximum absolute atomic E-state index is 5.78. The molecule has 3 N–H and O–H groups in total. The molecule has 1 aromatic carbocycles. The third-order valence-electron chi connectivity index (χ3n) is 3.80. The fourth-order valence-corrected chi connectivity index (χ4v) is 3.72. The molecule has 2 aromatic rings. The van der Waals surface area contributed by atoms with Crippen molar-refractivity contribution < 1.29 is 0 Å². The standard InChI is InChI=1S/C15H19N3S/c1-19-14-4-2-3-13(14)18-15-8-5-10-9-11(16)6-7-12(10)17-15/h5-9,13-14H,2-4,16H2,1H3,(H,17,18). The first-order valence-corrected chi connectivity index (χ1v) is 8.00. The van der Waals surface area contributed by atoms with Crippen molar-refractivity contribution in [2.45, 2.75) is 30.6 Å². The van der Waals surface area contributed by atoms with Gasteiger partial charge < -0.3 is 11.1 Å². The van der Waals surface area contributed by atoms with Gasteiger partial charge in [0, 0.05) is 22.4 Å². The van der Waals surface area contributed by atoms with Crippen LogP contribution in [0, 0.1) is 0 Å². The number of nitrogens with zero attached hydrogens (tertiary/aromatic N) is 1. The van der Waals surface area contributed by atoms with E-state index >= 15 is 0 Å². The van der Waals surface area contributed by atoms with Gasteiger partial charge in [-0.2, -0.15) is 11.8 Å². The predicted octanol–water partition coefficient (Wildman–Crippen LogP) is 3.51. The summed E-state index contributed by atoms with van der Waals surface area (Å²) in [5.74, 6) is 0.975. The summed E-state index contributed by atoms with van der Waals surface area (Å²) in [6.07, 6.45) is 6.06. The number of pyridine rings is 1. The number of aromatic nitrogens is 1. The smallest absolute Gasteiger partial charge is 0.126 e. The average Bonchev–Trinajstić information content (AvgIpc) is 2.86. The van der Waals surface area contributed by atoms with E-state index < -0.39 is 0 Å². The maximum Gasteiger partial charge on any atom is 0.126 e. The van der Waals surface area contributed by atoms with Gasteiger partial charge in [0.25, 0.3) is 0 Å². The van der Waals surface area contributed by atoms with Crippen LogP contribution in [0.3, 0.4) is 0 Å². The van der Waals surface area contributed by atoms with Gasteiger partial charge in [-0.05, 0) is 49.4 Å². The molecule has 1 heterocycles. The Morgan fingerprint density at radius 1 is 1.26 bits per heavy atom. The number of thioether (sulfide) groups is 1. The van der Waals surface area contributed by atoms with E-state index in [9.17, 15) is 0 Å². The summed E-state index contributed by atoms with van der Waals surface area (Å²) in [5.41, 5.74) is 7.57. The summed E-state index contributed by atoms with van der Waals surface area (Å²) >= 11 is 1.96. The fraction of sp³-hybridized carbons (Fsp3) is 0.400. The van der Waals surface area contributed by atoms with Crippen molar-refractivity contribution in [1.29, 1.82) is 0 Å². The lowest BCUT2D eigenvalue weighted by atomic mass is 10.2. The zero-order valence-corrected chi connectivity index (χ0v) is 11.9. The van der Waals surface area contributed by atoms with Crippen LogP contribution in [0.5, 0.6) is 0 Å². The van der Waals surface area contributed by atoms with Crippen molar-refractivity contribution in [3.63, 3.8) is 0 Å². The average molecular weight is 273 g/mol. The van der Waals surface area contributed by atoms with Crippen molar-refractivity contribution in [1.82, 2.24) is 4.98 Å². The number of hydrogen-bond donors (Lipinski definition) is 2. The first-order valence-electron chi connectivity index (χ1n) is 6.72. The molecule has 2 atom stereocenters. The summed E-state index contributed by atoms with van der Waals surface area (Å²) in [6.45, 7) is 0. The van der Waals surface area contributed by atoms with Crippen molar-refractivity contribution in [3.8, 4) is 0 Å². The number of fused-ring (bicyclic) bond motifs is 1. The summed E-state index contributed by atoms with van der Waals surface area (Å²) < 4.78 is 0. The second-order valence-corrected chi connectivity index (χ2v) is 6.18. The topological polar surface area (TPSA) is 50.9 Å². The lowest BCUT2D eigenvalue weighted by Crippen LogP contribution is -2.26. The zero-order valence-electron chi connectivity index (χ0n) is 11.1. The summed E-state index contributed by atoms with van der Waals surface area (Å²) in [4.78, 5) is 4.67. The highest BCUT2D eigenvalue weighted by molar-refractivity contribution is 7.99. The highest BCUT2D eigenvalue weighted by Crippen LogP contribution is 2.30. The number of benzene rings is 1. The van der Waals surface area contributed by atoms with Gasteiger partial charge in [0.2, 0.25) is 0 Å². The van der Waals surface area contributed by atoms with Crippen LogP contribution in [0.25, 0.3) is 10.9 Å². The molecule has 100 valence electrons. The number of nitrogens with two attached hydrogens (primary N) is 1. The lowest BCUT2D eigenvalue weighted by molar-refractivity contribution is 0.764. The zero-order chi connectivity index (χ0) is 13.2. The molecular weight excluding hydrogens is 254 g/mol. The Hall–Kier alpha value is -1.42. The maximum atomic E-state index is 5.78. The number of rotatable bonds is 3. The van der Waals surface area contributed by atoms with Crippen LogP contribution < -0.4 is 11.1 Å². The summed E-state index contributed by atoms with van der Waals surface area (Å²) in [5, 5.41) is 5.39. The first-order chi connectivity index (χ1) is 9.26. The van der Waals surface area contributed by atoms with E-state index in [0.29, 0.717) is 11.3 Å². The molecule has 4 heteroatoms. The minimum absolute atomic E-state index is 0.550. The van der Waals surface area contributed by atoms with E-state index in [1.165, 1.54) is 19.3 Å². The van der Waals surface area contributed by atoms with Crippen LogP contribution in [-0.4, -0.2) is 22.5 Å². The first kappa shape index (κ1) is 12.6. The van der Waals surface area contributed by atoms with Crippen LogP contribution in [0.15, 0.2) is 30.3 Å². The molecule has 1 saturated carbocycles. The van der Waals surface area contributed by atoms with Crippen LogP contribution in [0.1, 0.15) is 19.3 Å². The second kappa shape index (κ2) is 5.29. The van der Waals surface area contributed by atoms with Crippen LogP contribution in [0.2, 0.25) is 0 Å². The Morgan fingerprint density at radius 2 is 2.16 bits per heavy atom. The normalized spacial score (nSPS) is 22.8. The third-order valence-corrected chi connectivity index (χ3v) is 4.97. The molecule has 19 heavy (non-hydrogen) atoms. The minimum atomic E-state index is 0.550. The number of nitrogens with one attached hydrogen (secondary N) is 1. The molecule has 1 aliphatic rings. The van der Waals surface area contributed by atoms with Gasteiger partial charge in [0.15, 0.2) is 0 Å². The Bertz CT molecular complexity index is 585. The minimum Gasteiger partial charge on any atom is -0.399 e. The van der Waals surface area contributed by atoms with E-state index in [0.717, 1.165) is 22.4 Å². The molecular formula is C15H19N3S. The monoisotopic (exact) mass is 273 g/mol. The van der Waals surface area contributed by atoms with Gasteiger partial charge in [-0.15, -0.1) is 0 Å². The van der Waals surface area contributed by atoms with Crippen molar-refractivity contribution in [2.24, 2.45) is 0 Å². The van der Waals surface area contributed by atoms with Crippen LogP contribution in [0.4, 0.5) is 11.5 Å². The quantitative estimate of drug-likeness (QED) is 0.840. The Balaban J connectivity index is 1.83. The van der Waals surface area contributed by atoms with Crippen molar-refractivity contribution in [3.05, 3.63) is 30.3 Å². The highest BCUT2D eigenvalue weighted by Gasteiger charge is 2.26. The molecule has 1 aliphatic carbocycles. The van der Waals surface area contributed by atoms with Crippen LogP contribution >= 0.6 is 11.8 Å². The molecule has 3 rings (SSSR count). The molecule has 0 bridgehead atoms. The molecule has 0 aliphatic heterocycles. The SMILES string of the molecule is CSC1CCCC1Nc1ccc2cc(N)ccc2n1. The number of anilines is 2. The molecule has 0 saturated heterocycles. The van der Waals surface area contributed by atoms with E-state index in [1.54, 1.807) is 0 Å². The van der Waals surface area contributed by atoms with E-state index in [-0.39, 0.29) is 0 Å². The summed E-state index contributed by atoms with van der Waals surface area (Å²) in [7, 11) is 0. The van der Waals surface area contributed by atoms with Gasteiger partial charge in [0.05, 0.1) is 5.52 Å². The largest absolute Gasteiger partial charge is 0.399 e. The molecule has 3 nitrogen and oxygen atoms in total. The second-order valence-electron chi connectivity index (χ2n) is 5.10. The third kappa shape index (κ3) is 2.63. The van der Waals surface area contributed by atoms with E-state index in [2.05, 4.69) is 28.7 Å². The fourth-order valence-electron chi connectivity index (χ4n) is 2.79. The molecule has 1 aromatic heterocycles. The Labute approximate surface area is 118 Å². The van der Waals surface area contributed by atoms with Crippen LogP contribution in [-0.2, 0) is 0 Å². The van der Waals surface area contributed by atoms with Crippen molar-refractivity contribution in [2.75, 3.05) is 17.3 Å². The Morgan fingerprint density at radius 3 is 3.00 bits per heavy atom. The number of hydrogen-bond acceptors (Lipinski definition) is 4. The molecule has 0 radical (unpaired) electrons. The van der Waals surface area contributed by atoms with Gasteiger partial charge in [-0.1, -0.05) is 6.42 Å².